The predicted octanol–water partition coefficient (Wildman–Crippen LogP) is 17.4. The molecular formula is C103H95N33O8. The molecule has 4 fully saturated rings. The zero-order chi connectivity index (χ0) is 97.3. The predicted molar refractivity (Wildman–Crippen MR) is 554 cm³/mol. The molecule has 41 nitrogen and oxygen atoms in total. The normalized spacial score (nSPS) is 13.6. The van der Waals surface area contributed by atoms with E-state index in [9.17, 15) is 19.2 Å². The van der Waals surface area contributed by atoms with Crippen LogP contribution in [0.25, 0.3) is 134 Å². The van der Waals surface area contributed by atoms with Crippen molar-refractivity contribution < 1.29 is 38.1 Å². The van der Waals surface area contributed by atoms with Gasteiger partial charge in [-0.05, 0) is 137 Å². The standard InChI is InChI=1S/C27H25N7O2.C26H24N8O2.2C25H23N9O2/c35-27(31-25-17-24(32-33-25)18-4-2-1-3-5-18)29-20-8-6-19(7-9-20)23-16-21-22(30-23)10-11-28-26(21)34-12-14-36-15-13-34;35-26(31-23-15-22(32-33-23)17-4-2-1-3-5-17)29-19-8-6-18(7-9-19)21-14-20-24(30-21)27-16-28-25(20)34-10-12-36-13-11-34;35-25(30-21-15-20(32-33-21)16-5-8-26-9-6-16)28-18-3-1-17(2-4-18)23-29-19-7-10-27-24(22(19)31-23)34-11-13-36-14-12-34;35-25(29-20-14-19(32-33-20)16-4-2-1-3-5-16)28-18-8-6-17(7-9-18)22-30-21-23(31-22)26-15-27-24(21)34-10-12-36-13-11-34/h1-11,16-17,30H,12-15H2,(H3,29,31,32,33,35);1-9,14-16H,10-13H2,(H,27,28,30)(H3,29,31,32,33,35);1-10,15H,11-14H2,(H,29,31)(H3,28,30,32,33,35);1-9,14-15H,10-13H2,(H,26,27,30,31)(H3,28,29,32,33,35). The molecule has 4 aliphatic rings. The fraction of sp³-hybridized carbons (Fsp3) is 0.155. The number of urea groups is 4. The summed E-state index contributed by atoms with van der Waals surface area (Å²) < 4.78 is 21.9. The Labute approximate surface area is 820 Å². The van der Waals surface area contributed by atoms with E-state index in [2.05, 4.69) is 175 Å². The van der Waals surface area contributed by atoms with Crippen molar-refractivity contribution in [2.45, 2.75) is 0 Å². The number of nitrogens with zero attached hydrogens (tertiary/aromatic N) is 17. The van der Waals surface area contributed by atoms with Crippen molar-refractivity contribution in [3.63, 3.8) is 0 Å². The molecule has 8 amide bonds. The zero-order valence-electron chi connectivity index (χ0n) is 77.3. The maximum atomic E-state index is 12.5. The number of hydrogen-bond donors (Lipinski definition) is 16. The number of amides is 8. The van der Waals surface area contributed by atoms with E-state index in [1.54, 1.807) is 49.2 Å². The molecule has 0 bridgehead atoms. The lowest BCUT2D eigenvalue weighted by Gasteiger charge is -2.28. The Balaban J connectivity index is 0.000000113. The van der Waals surface area contributed by atoms with E-state index < -0.39 is 0 Å². The number of H-pyrrole nitrogens is 8. The highest BCUT2D eigenvalue weighted by Crippen LogP contribution is 2.36. The minimum absolute atomic E-state index is 0.360. The molecule has 4 saturated heterocycles. The van der Waals surface area contributed by atoms with Gasteiger partial charge in [-0.15, -0.1) is 0 Å². The first-order valence-corrected chi connectivity index (χ1v) is 46.6. The van der Waals surface area contributed by atoms with Crippen LogP contribution in [0.1, 0.15) is 0 Å². The number of benzene rings is 7. The molecule has 0 radical (unpaired) electrons. The van der Waals surface area contributed by atoms with Gasteiger partial charge in [0, 0.05) is 158 Å². The number of aromatic amines is 8. The zero-order valence-corrected chi connectivity index (χ0v) is 77.3. The van der Waals surface area contributed by atoms with Crippen molar-refractivity contribution in [3.8, 4) is 90.3 Å². The molecule has 4 aliphatic heterocycles. The number of fused-ring (bicyclic) bond motifs is 4. The third-order valence-electron chi connectivity index (χ3n) is 24.1. The number of rotatable bonds is 20. The second kappa shape index (κ2) is 43.0. The van der Waals surface area contributed by atoms with Crippen LogP contribution < -0.4 is 62.1 Å². The summed E-state index contributed by atoms with van der Waals surface area (Å²) in [6, 6.07) is 77.1. The van der Waals surface area contributed by atoms with E-state index in [0.717, 1.165) is 199 Å². The molecule has 0 aliphatic carbocycles. The number of nitrogens with one attached hydrogen (secondary N) is 16. The molecule has 41 heteroatoms. The van der Waals surface area contributed by atoms with Gasteiger partial charge in [0.1, 0.15) is 52.6 Å². The quantitative estimate of drug-likeness (QED) is 0.0337. The van der Waals surface area contributed by atoms with Crippen LogP contribution in [0.3, 0.4) is 0 Å². The molecule has 0 unspecified atom stereocenters. The van der Waals surface area contributed by atoms with Crippen LogP contribution in [0.15, 0.2) is 286 Å². The van der Waals surface area contributed by atoms with E-state index in [4.69, 9.17) is 23.9 Å². The van der Waals surface area contributed by atoms with E-state index in [1.807, 2.05) is 219 Å². The molecule has 0 spiro atoms. The van der Waals surface area contributed by atoms with Gasteiger partial charge in [-0.3, -0.25) is 46.6 Å². The molecule has 0 atom stereocenters. The van der Waals surface area contributed by atoms with Crippen molar-refractivity contribution in [2.75, 3.05) is 167 Å². The Morgan fingerprint density at radius 2 is 0.625 bits per heavy atom. The molecular weight excluding hydrogens is 1830 g/mol. The first-order valence-electron chi connectivity index (χ1n) is 46.6. The summed E-state index contributed by atoms with van der Waals surface area (Å²) in [4.78, 5) is 113. The summed E-state index contributed by atoms with van der Waals surface area (Å²) in [6.07, 6.45) is 10.1. The first-order chi connectivity index (χ1) is 70.9. The number of ether oxygens (including phenoxy) is 4. The van der Waals surface area contributed by atoms with E-state index in [1.165, 1.54) is 6.33 Å². The van der Waals surface area contributed by atoms with Gasteiger partial charge in [0.25, 0.3) is 0 Å². The number of carbonyl (C=O) groups is 4. The van der Waals surface area contributed by atoms with Gasteiger partial charge in [-0.2, -0.15) is 20.4 Å². The van der Waals surface area contributed by atoms with Gasteiger partial charge in [0.05, 0.1) is 92.1 Å². The number of imidazole rings is 2. The average Bonchev–Trinajstić information content (AvgIpc) is 1.65. The summed E-state index contributed by atoms with van der Waals surface area (Å²) in [5, 5.41) is 52.8. The van der Waals surface area contributed by atoms with E-state index in [-0.39, 0.29) is 24.1 Å². The molecule has 20 aromatic rings. The van der Waals surface area contributed by atoms with Gasteiger partial charge < -0.3 is 79.8 Å². The number of anilines is 12. The highest BCUT2D eigenvalue weighted by Gasteiger charge is 2.25. The number of carbonyl (C=O) groups excluding carboxylic acids is 4. The molecule has 24 rings (SSSR count). The van der Waals surface area contributed by atoms with Crippen molar-refractivity contribution in [1.29, 1.82) is 0 Å². The van der Waals surface area contributed by atoms with E-state index in [0.29, 0.717) is 110 Å². The number of morpholine rings is 4. The monoisotopic (exact) mass is 1920 g/mol. The Bertz CT molecular complexity index is 6870. The fourth-order valence-corrected chi connectivity index (χ4v) is 16.9. The first kappa shape index (κ1) is 91.5. The second-order valence-electron chi connectivity index (χ2n) is 33.5. The Morgan fingerprint density at radius 1 is 0.278 bits per heavy atom. The summed E-state index contributed by atoms with van der Waals surface area (Å²) in [6.45, 7) is 11.9. The van der Waals surface area contributed by atoms with Crippen LogP contribution in [0.5, 0.6) is 0 Å². The van der Waals surface area contributed by atoms with Gasteiger partial charge in [-0.25, -0.2) is 59.0 Å². The molecule has 13 aromatic heterocycles. The minimum atomic E-state index is -0.388. The molecule has 144 heavy (non-hydrogen) atoms. The van der Waals surface area contributed by atoms with Crippen molar-refractivity contribution >= 4 is 138 Å². The fourth-order valence-electron chi connectivity index (χ4n) is 16.9. The van der Waals surface area contributed by atoms with Crippen LogP contribution in [-0.2, 0) is 18.9 Å². The maximum Gasteiger partial charge on any atom is 0.324 e. The third-order valence-corrected chi connectivity index (χ3v) is 24.1. The van der Waals surface area contributed by atoms with Crippen LogP contribution in [0.4, 0.5) is 88.5 Å². The highest BCUT2D eigenvalue weighted by molar-refractivity contribution is 6.03. The van der Waals surface area contributed by atoms with Crippen molar-refractivity contribution in [3.05, 3.63) is 286 Å². The Morgan fingerprint density at radius 3 is 1.06 bits per heavy atom. The molecule has 720 valence electrons. The van der Waals surface area contributed by atoms with Crippen LogP contribution in [0, 0.1) is 0 Å². The van der Waals surface area contributed by atoms with Crippen molar-refractivity contribution in [1.82, 2.24) is 106 Å². The maximum absolute atomic E-state index is 12.5. The molecule has 16 N–H and O–H groups in total. The van der Waals surface area contributed by atoms with Crippen LogP contribution >= 0.6 is 0 Å². The van der Waals surface area contributed by atoms with Crippen molar-refractivity contribution in [2.24, 2.45) is 0 Å². The summed E-state index contributed by atoms with van der Waals surface area (Å²) in [5.74, 6) is 6.74. The van der Waals surface area contributed by atoms with Crippen LogP contribution in [-0.4, -0.2) is 235 Å². The minimum Gasteiger partial charge on any atom is -0.378 e. The lowest BCUT2D eigenvalue weighted by molar-refractivity contribution is 0.122. The smallest absolute Gasteiger partial charge is 0.324 e. The van der Waals surface area contributed by atoms with Gasteiger partial charge in [-0.1, -0.05) is 115 Å². The average molecular weight is 1920 g/mol. The van der Waals surface area contributed by atoms with Gasteiger partial charge in [0.15, 0.2) is 40.6 Å². The largest absolute Gasteiger partial charge is 0.378 e. The SMILES string of the molecule is O=C(Nc1ccc(-c2cc3c(N4CCOCC4)nccc3[nH]2)cc1)Nc1cc(-c2ccccc2)[nH]n1.O=C(Nc1ccc(-c2cc3c(N4CCOCC4)ncnc3[nH]2)cc1)Nc1cc(-c2ccccc2)[nH]n1.O=C(Nc1ccc(-c2nc3c(N4CCOCC4)nccc3[nH]2)cc1)Nc1cc(-c2ccncc2)[nH]n1.O=C(Nc1ccc(-c2nc3ncnc(N4CCOCC4)c3[nH]2)cc1)Nc1cc(-c2ccccc2)[nH]n1. The number of pyridine rings is 3. The van der Waals surface area contributed by atoms with E-state index >= 15 is 0 Å². The highest BCUT2D eigenvalue weighted by atomic mass is 16.5. The molecule has 17 heterocycles. The number of hydrogen-bond acceptors (Lipinski definition) is 25. The summed E-state index contributed by atoms with van der Waals surface area (Å²) in [7, 11) is 0. The number of aromatic nitrogens is 21. The Kier molecular flexibility index (Phi) is 27.4. The lowest BCUT2D eigenvalue weighted by Crippen LogP contribution is -2.36. The topological polar surface area (TPSA) is 508 Å². The summed E-state index contributed by atoms with van der Waals surface area (Å²) >= 11 is 0. The molecule has 7 aromatic carbocycles. The summed E-state index contributed by atoms with van der Waals surface area (Å²) in [5.41, 5.74) is 20.5. The molecule has 0 saturated carbocycles. The van der Waals surface area contributed by atoms with Gasteiger partial charge >= 0.3 is 24.1 Å². The van der Waals surface area contributed by atoms with Crippen LogP contribution in [0.2, 0.25) is 0 Å². The second-order valence-corrected chi connectivity index (χ2v) is 33.5. The van der Waals surface area contributed by atoms with Gasteiger partial charge in [0.2, 0.25) is 0 Å². The lowest BCUT2D eigenvalue weighted by atomic mass is 10.1. The third kappa shape index (κ3) is 22.0. The Hall–Kier alpha value is -18.9.